The zero-order valence-electron chi connectivity index (χ0n) is 9.68. The molecule has 1 saturated carbocycles. The maximum absolute atomic E-state index is 11.7. The van der Waals surface area contributed by atoms with E-state index in [4.69, 9.17) is 15.6 Å². The topological polar surface area (TPSA) is 102 Å². The van der Waals surface area contributed by atoms with Gasteiger partial charge in [-0.2, -0.15) is 0 Å². The zero-order chi connectivity index (χ0) is 13.2. The summed E-state index contributed by atoms with van der Waals surface area (Å²) in [4.78, 5) is 22.0. The highest BCUT2D eigenvalue weighted by Gasteiger charge is 2.45. The van der Waals surface area contributed by atoms with Crippen molar-refractivity contribution in [3.8, 4) is 5.75 Å². The van der Waals surface area contributed by atoms with Crippen LogP contribution in [0.3, 0.4) is 0 Å². The second-order valence-electron chi connectivity index (χ2n) is 4.32. The van der Waals surface area contributed by atoms with Crippen LogP contribution >= 0.6 is 0 Å². The number of rotatable bonds is 5. The van der Waals surface area contributed by atoms with Crippen molar-refractivity contribution in [1.82, 2.24) is 0 Å². The molecular formula is C12H14N2O4. The van der Waals surface area contributed by atoms with Crippen molar-refractivity contribution < 1.29 is 19.4 Å². The fraction of sp³-hybridized carbons (Fsp3) is 0.333. The lowest BCUT2D eigenvalue weighted by atomic mass is 10.2. The maximum atomic E-state index is 11.7. The number of amides is 1. The molecule has 0 radical (unpaired) electrons. The maximum Gasteiger partial charge on any atom is 0.341 e. The Kier molecular flexibility index (Phi) is 3.20. The number of nitrogens with two attached hydrogens (primary N) is 1. The van der Waals surface area contributed by atoms with Crippen LogP contribution in [0.15, 0.2) is 24.3 Å². The summed E-state index contributed by atoms with van der Waals surface area (Å²) in [6.07, 6.45) is 1.41. The minimum atomic E-state index is -1.04. The molecule has 0 atom stereocenters. The normalized spacial score (nSPS) is 15.8. The minimum Gasteiger partial charge on any atom is -0.482 e. The molecule has 6 heteroatoms. The third-order valence-electron chi connectivity index (χ3n) is 2.72. The summed E-state index contributed by atoms with van der Waals surface area (Å²) >= 11 is 0. The van der Waals surface area contributed by atoms with Crippen LogP contribution < -0.4 is 15.8 Å². The molecule has 2 rings (SSSR count). The lowest BCUT2D eigenvalue weighted by Gasteiger charge is -2.10. The van der Waals surface area contributed by atoms with E-state index >= 15 is 0 Å². The average molecular weight is 250 g/mol. The monoisotopic (exact) mass is 250 g/mol. The third-order valence-corrected chi connectivity index (χ3v) is 2.72. The molecule has 1 aromatic rings. The van der Waals surface area contributed by atoms with Crippen molar-refractivity contribution in [2.45, 2.75) is 18.4 Å². The van der Waals surface area contributed by atoms with Gasteiger partial charge in [0.2, 0.25) is 5.91 Å². The van der Waals surface area contributed by atoms with E-state index in [1.54, 1.807) is 24.3 Å². The van der Waals surface area contributed by atoms with Crippen LogP contribution in [0.1, 0.15) is 12.8 Å². The van der Waals surface area contributed by atoms with E-state index in [0.717, 1.165) is 0 Å². The van der Waals surface area contributed by atoms with Gasteiger partial charge in [0.25, 0.3) is 0 Å². The first-order valence-electron chi connectivity index (χ1n) is 5.55. The predicted octanol–water partition coefficient (Wildman–Crippen LogP) is 0.580. The van der Waals surface area contributed by atoms with Crippen LogP contribution in [0.4, 0.5) is 5.69 Å². The summed E-state index contributed by atoms with van der Waals surface area (Å²) in [6, 6.07) is 6.46. The Balaban J connectivity index is 1.91. The predicted molar refractivity (Wildman–Crippen MR) is 64.4 cm³/mol. The first kappa shape index (κ1) is 12.4. The summed E-state index contributed by atoms with van der Waals surface area (Å²) in [5.41, 5.74) is 5.65. The number of carboxylic acids is 1. The summed E-state index contributed by atoms with van der Waals surface area (Å²) in [6.45, 7) is -0.391. The van der Waals surface area contributed by atoms with Gasteiger partial charge in [-0.3, -0.25) is 4.79 Å². The van der Waals surface area contributed by atoms with Gasteiger partial charge in [0.15, 0.2) is 6.61 Å². The van der Waals surface area contributed by atoms with Gasteiger partial charge in [-0.1, -0.05) is 0 Å². The fourth-order valence-corrected chi connectivity index (χ4v) is 1.40. The number of benzene rings is 1. The molecule has 0 aromatic heterocycles. The number of aliphatic carboxylic acids is 1. The Hall–Kier alpha value is -2.08. The number of hydrogen-bond acceptors (Lipinski definition) is 4. The van der Waals surface area contributed by atoms with E-state index in [0.29, 0.717) is 24.3 Å². The van der Waals surface area contributed by atoms with Gasteiger partial charge >= 0.3 is 5.97 Å². The Morgan fingerprint density at radius 3 is 2.44 bits per heavy atom. The highest BCUT2D eigenvalue weighted by molar-refractivity contribution is 6.00. The van der Waals surface area contributed by atoms with Crippen LogP contribution in [0, 0.1) is 0 Å². The lowest BCUT2D eigenvalue weighted by Crippen LogP contribution is -2.37. The molecule has 1 aliphatic carbocycles. The van der Waals surface area contributed by atoms with Gasteiger partial charge in [-0.15, -0.1) is 0 Å². The summed E-state index contributed by atoms with van der Waals surface area (Å²) in [7, 11) is 0. The molecule has 0 spiro atoms. The Bertz CT molecular complexity index is 465. The summed E-state index contributed by atoms with van der Waals surface area (Å²) < 4.78 is 4.97. The van der Waals surface area contributed by atoms with E-state index in [-0.39, 0.29) is 5.91 Å². The lowest BCUT2D eigenvalue weighted by molar-refractivity contribution is -0.139. The summed E-state index contributed by atoms with van der Waals surface area (Å²) in [5, 5.41) is 11.1. The van der Waals surface area contributed by atoms with Crippen LogP contribution in [0.25, 0.3) is 0 Å². The molecule has 1 aromatic carbocycles. The van der Waals surface area contributed by atoms with Gasteiger partial charge in [0.05, 0.1) is 5.54 Å². The quantitative estimate of drug-likeness (QED) is 0.709. The van der Waals surface area contributed by atoms with E-state index < -0.39 is 18.1 Å². The van der Waals surface area contributed by atoms with E-state index in [2.05, 4.69) is 5.32 Å². The molecule has 18 heavy (non-hydrogen) atoms. The zero-order valence-corrected chi connectivity index (χ0v) is 9.68. The van der Waals surface area contributed by atoms with Crippen LogP contribution in [-0.2, 0) is 9.59 Å². The van der Waals surface area contributed by atoms with Crippen molar-refractivity contribution >= 4 is 17.6 Å². The molecule has 0 aliphatic heterocycles. The molecule has 1 amide bonds. The number of carbonyl (C=O) groups is 2. The molecule has 96 valence electrons. The molecule has 4 N–H and O–H groups in total. The minimum absolute atomic E-state index is 0.193. The third kappa shape index (κ3) is 2.98. The van der Waals surface area contributed by atoms with Crippen molar-refractivity contribution in [1.29, 1.82) is 0 Å². The molecule has 1 fully saturated rings. The Labute approximate surface area is 104 Å². The van der Waals surface area contributed by atoms with E-state index in [1.807, 2.05) is 0 Å². The number of anilines is 1. The van der Waals surface area contributed by atoms with E-state index in [1.165, 1.54) is 0 Å². The summed E-state index contributed by atoms with van der Waals surface area (Å²) in [5.74, 6) is -0.794. The molecule has 0 heterocycles. The highest BCUT2D eigenvalue weighted by atomic mass is 16.5. The second-order valence-corrected chi connectivity index (χ2v) is 4.32. The Morgan fingerprint density at radius 2 is 1.94 bits per heavy atom. The first-order chi connectivity index (χ1) is 8.49. The van der Waals surface area contributed by atoms with Gasteiger partial charge < -0.3 is 20.9 Å². The van der Waals surface area contributed by atoms with Crippen molar-refractivity contribution in [2.24, 2.45) is 5.73 Å². The number of ether oxygens (including phenoxy) is 1. The molecule has 0 bridgehead atoms. The highest BCUT2D eigenvalue weighted by Crippen LogP contribution is 2.33. The van der Waals surface area contributed by atoms with Crippen LogP contribution in [-0.4, -0.2) is 29.1 Å². The SMILES string of the molecule is NC1(C(=O)Nc2ccc(OCC(=O)O)cc2)CC1. The average Bonchev–Trinajstić information content (AvgIpc) is 3.08. The largest absolute Gasteiger partial charge is 0.482 e. The van der Waals surface area contributed by atoms with Gasteiger partial charge in [-0.25, -0.2) is 4.79 Å². The van der Waals surface area contributed by atoms with Gasteiger partial charge in [0, 0.05) is 5.69 Å². The van der Waals surface area contributed by atoms with Gasteiger partial charge in [0.1, 0.15) is 5.75 Å². The van der Waals surface area contributed by atoms with Gasteiger partial charge in [-0.05, 0) is 37.1 Å². The molecule has 1 aliphatic rings. The number of nitrogens with one attached hydrogen (secondary N) is 1. The number of carboxylic acid groups (broad SMARTS) is 1. The van der Waals surface area contributed by atoms with E-state index in [9.17, 15) is 9.59 Å². The second kappa shape index (κ2) is 4.66. The van der Waals surface area contributed by atoms with Crippen molar-refractivity contribution in [3.63, 3.8) is 0 Å². The molecular weight excluding hydrogens is 236 g/mol. The van der Waals surface area contributed by atoms with Crippen LogP contribution in [0.5, 0.6) is 5.75 Å². The van der Waals surface area contributed by atoms with Crippen LogP contribution in [0.2, 0.25) is 0 Å². The molecule has 0 unspecified atom stereocenters. The Morgan fingerprint density at radius 1 is 1.33 bits per heavy atom. The number of carbonyl (C=O) groups excluding carboxylic acids is 1. The van der Waals surface area contributed by atoms with Crippen molar-refractivity contribution in [3.05, 3.63) is 24.3 Å². The smallest absolute Gasteiger partial charge is 0.341 e. The van der Waals surface area contributed by atoms with Crippen molar-refractivity contribution in [2.75, 3.05) is 11.9 Å². The fourth-order valence-electron chi connectivity index (χ4n) is 1.40. The molecule has 6 nitrogen and oxygen atoms in total. The molecule has 0 saturated heterocycles. The number of hydrogen-bond donors (Lipinski definition) is 3. The first-order valence-corrected chi connectivity index (χ1v) is 5.55. The standard InChI is InChI=1S/C12H14N2O4/c13-12(5-6-12)11(17)14-8-1-3-9(4-2-8)18-7-10(15)16/h1-4H,5-7,13H2,(H,14,17)(H,15,16).